The van der Waals surface area contributed by atoms with E-state index >= 15 is 0 Å². The van der Waals surface area contributed by atoms with Crippen molar-refractivity contribution in [2.75, 3.05) is 25.5 Å². The van der Waals surface area contributed by atoms with Gasteiger partial charge in [-0.05, 0) is 54.3 Å². The highest BCUT2D eigenvalue weighted by atomic mass is 16.2. The van der Waals surface area contributed by atoms with E-state index < -0.39 is 0 Å². The fourth-order valence-corrected chi connectivity index (χ4v) is 4.07. The van der Waals surface area contributed by atoms with Crippen molar-refractivity contribution in [3.05, 3.63) is 65.2 Å². The summed E-state index contributed by atoms with van der Waals surface area (Å²) in [5.41, 5.74) is 9.92. The molecule has 0 aromatic heterocycles. The van der Waals surface area contributed by atoms with Crippen LogP contribution in [0, 0.1) is 5.41 Å². The molecule has 6 heteroatoms. The summed E-state index contributed by atoms with van der Waals surface area (Å²) in [5, 5.41) is 12.8. The van der Waals surface area contributed by atoms with Crippen molar-refractivity contribution in [2.45, 2.75) is 39.5 Å². The van der Waals surface area contributed by atoms with E-state index in [9.17, 15) is 9.59 Å². The molecule has 34 heavy (non-hydrogen) atoms. The summed E-state index contributed by atoms with van der Waals surface area (Å²) < 4.78 is 0. The van der Waals surface area contributed by atoms with Gasteiger partial charge < -0.3 is 16.0 Å². The lowest BCUT2D eigenvalue weighted by atomic mass is 9.92. The van der Waals surface area contributed by atoms with E-state index in [0.29, 0.717) is 28.6 Å². The minimum absolute atomic E-state index is 0.0107. The number of anilines is 1. The number of unbranched alkanes of at least 4 members (excludes halogenated alkanes) is 2. The van der Waals surface area contributed by atoms with Crippen LogP contribution in [-0.2, 0) is 0 Å². The van der Waals surface area contributed by atoms with Crippen LogP contribution in [-0.4, -0.2) is 43.1 Å². The van der Waals surface area contributed by atoms with Gasteiger partial charge in [-0.2, -0.15) is 0 Å². The molecule has 0 aliphatic carbocycles. The predicted octanol–water partition coefficient (Wildman–Crippen LogP) is 5.69. The van der Waals surface area contributed by atoms with Gasteiger partial charge in [-0.1, -0.05) is 44.9 Å². The number of nitrogens with one attached hydrogen (secondary N) is 2. The number of aldehydes is 1. The number of hydrogen-bond acceptors (Lipinski definition) is 4. The highest BCUT2D eigenvalue weighted by molar-refractivity contribution is 6.16. The van der Waals surface area contributed by atoms with Crippen LogP contribution in [0.4, 0.5) is 5.69 Å². The third kappa shape index (κ3) is 5.45. The minimum atomic E-state index is -0.114. The first-order chi connectivity index (χ1) is 16.4. The third-order valence-corrected chi connectivity index (χ3v) is 6.05. The van der Waals surface area contributed by atoms with Gasteiger partial charge in [0.2, 0.25) is 0 Å². The van der Waals surface area contributed by atoms with E-state index in [1.54, 1.807) is 24.1 Å². The van der Waals surface area contributed by atoms with Gasteiger partial charge in [0.05, 0.1) is 0 Å². The summed E-state index contributed by atoms with van der Waals surface area (Å²) in [7, 11) is 1.80. The van der Waals surface area contributed by atoms with Gasteiger partial charge in [-0.3, -0.25) is 15.0 Å². The first kappa shape index (κ1) is 25.0. The lowest BCUT2D eigenvalue weighted by Gasteiger charge is -2.21. The largest absolute Gasteiger partial charge is 0.385 e. The molecular formula is C28H34N4O2. The Morgan fingerprint density at radius 3 is 2.50 bits per heavy atom. The van der Waals surface area contributed by atoms with Crippen LogP contribution in [0.3, 0.4) is 0 Å². The molecule has 3 aromatic carbocycles. The van der Waals surface area contributed by atoms with Crippen LogP contribution in [0.25, 0.3) is 21.9 Å². The van der Waals surface area contributed by atoms with Gasteiger partial charge in [0, 0.05) is 53.3 Å². The van der Waals surface area contributed by atoms with Gasteiger partial charge in [-0.25, -0.2) is 0 Å². The molecule has 0 radical (unpaired) electrons. The standard InChI is InChI=1S/C28H34N4O2/c1-4-6-13-31-25-12-11-21(18-33)26-23(25)16-22(19-9-8-10-20(15-19)27(29)30)17-24(26)28(34)32(3)14-7-5-2/h8-12,15-18,31H,4-7,13-14H2,1-3H3,(H3,29,30). The van der Waals surface area contributed by atoms with Crippen molar-refractivity contribution in [2.24, 2.45) is 5.73 Å². The molecule has 0 aliphatic rings. The number of amidine groups is 1. The molecule has 6 nitrogen and oxygen atoms in total. The molecule has 0 atom stereocenters. The van der Waals surface area contributed by atoms with E-state index in [-0.39, 0.29) is 11.7 Å². The fraction of sp³-hybridized carbons (Fsp3) is 0.321. The van der Waals surface area contributed by atoms with Crippen LogP contribution in [0.2, 0.25) is 0 Å². The Hall–Kier alpha value is -3.67. The van der Waals surface area contributed by atoms with Crippen LogP contribution < -0.4 is 11.1 Å². The van der Waals surface area contributed by atoms with Crippen molar-refractivity contribution in [1.29, 1.82) is 5.41 Å². The molecule has 3 aromatic rings. The number of nitrogens with zero attached hydrogens (tertiary/aromatic N) is 1. The van der Waals surface area contributed by atoms with E-state index in [0.717, 1.165) is 60.7 Å². The van der Waals surface area contributed by atoms with Crippen LogP contribution in [0.15, 0.2) is 48.5 Å². The Labute approximate surface area is 201 Å². The SMILES string of the molecule is CCCCNc1ccc(C=O)c2c(C(=O)N(C)CCCC)cc(-c3cccc(C(=N)N)c3)cc12. The number of carbonyl (C=O) groups excluding carboxylic acids is 2. The van der Waals surface area contributed by atoms with Gasteiger partial charge in [0.1, 0.15) is 5.84 Å². The molecular weight excluding hydrogens is 424 g/mol. The second-order valence-corrected chi connectivity index (χ2v) is 8.62. The minimum Gasteiger partial charge on any atom is -0.385 e. The molecule has 3 rings (SSSR count). The number of amides is 1. The second-order valence-electron chi connectivity index (χ2n) is 8.62. The summed E-state index contributed by atoms with van der Waals surface area (Å²) in [4.78, 5) is 27.3. The average molecular weight is 459 g/mol. The Balaban J connectivity index is 2.28. The zero-order valence-electron chi connectivity index (χ0n) is 20.3. The number of nitrogen functional groups attached to an aromatic ring is 1. The lowest BCUT2D eigenvalue weighted by molar-refractivity contribution is 0.0795. The predicted molar refractivity (Wildman–Crippen MR) is 141 cm³/mol. The highest BCUT2D eigenvalue weighted by Crippen LogP contribution is 2.35. The van der Waals surface area contributed by atoms with Gasteiger partial charge >= 0.3 is 0 Å². The van der Waals surface area contributed by atoms with E-state index in [1.165, 1.54) is 0 Å². The van der Waals surface area contributed by atoms with Crippen molar-refractivity contribution in [3.8, 4) is 11.1 Å². The normalized spacial score (nSPS) is 10.8. The fourth-order valence-electron chi connectivity index (χ4n) is 4.07. The number of rotatable bonds is 11. The highest BCUT2D eigenvalue weighted by Gasteiger charge is 2.20. The molecule has 0 aliphatic heterocycles. The monoisotopic (exact) mass is 458 g/mol. The first-order valence-electron chi connectivity index (χ1n) is 11.9. The summed E-state index contributed by atoms with van der Waals surface area (Å²) in [6, 6.07) is 15.0. The molecule has 1 amide bonds. The Kier molecular flexibility index (Phi) is 8.41. The summed E-state index contributed by atoms with van der Waals surface area (Å²) in [5.74, 6) is -0.125. The van der Waals surface area contributed by atoms with E-state index in [1.807, 2.05) is 36.4 Å². The van der Waals surface area contributed by atoms with Gasteiger partial charge in [0.15, 0.2) is 6.29 Å². The van der Waals surface area contributed by atoms with Gasteiger partial charge in [0.25, 0.3) is 5.91 Å². The van der Waals surface area contributed by atoms with Crippen molar-refractivity contribution < 1.29 is 9.59 Å². The number of hydrogen-bond donors (Lipinski definition) is 3. The topological polar surface area (TPSA) is 99.3 Å². The summed E-state index contributed by atoms with van der Waals surface area (Å²) in [6.07, 6.45) is 4.79. The van der Waals surface area contributed by atoms with E-state index in [2.05, 4.69) is 19.2 Å². The second kappa shape index (κ2) is 11.5. The maximum atomic E-state index is 13.6. The number of fused-ring (bicyclic) bond motifs is 1. The molecule has 0 saturated carbocycles. The third-order valence-electron chi connectivity index (χ3n) is 6.05. The maximum absolute atomic E-state index is 13.6. The molecule has 4 N–H and O–H groups in total. The Bertz CT molecular complexity index is 1200. The van der Waals surface area contributed by atoms with E-state index in [4.69, 9.17) is 11.1 Å². The van der Waals surface area contributed by atoms with Crippen molar-refractivity contribution >= 4 is 34.5 Å². The van der Waals surface area contributed by atoms with Crippen molar-refractivity contribution in [1.82, 2.24) is 4.90 Å². The molecule has 0 spiro atoms. The molecule has 0 bridgehead atoms. The number of benzene rings is 3. The lowest BCUT2D eigenvalue weighted by Crippen LogP contribution is -2.28. The van der Waals surface area contributed by atoms with Crippen LogP contribution in [0.1, 0.15) is 65.8 Å². The van der Waals surface area contributed by atoms with Crippen molar-refractivity contribution in [3.63, 3.8) is 0 Å². The number of nitrogens with two attached hydrogens (primary N) is 1. The average Bonchev–Trinajstić information content (AvgIpc) is 2.86. The smallest absolute Gasteiger partial charge is 0.254 e. The molecule has 0 unspecified atom stereocenters. The number of carbonyl (C=O) groups is 2. The quantitative estimate of drug-likeness (QED) is 0.149. The maximum Gasteiger partial charge on any atom is 0.254 e. The zero-order chi connectivity index (χ0) is 24.7. The molecule has 0 fully saturated rings. The first-order valence-corrected chi connectivity index (χ1v) is 11.9. The molecule has 0 saturated heterocycles. The van der Waals surface area contributed by atoms with Crippen LogP contribution >= 0.6 is 0 Å². The van der Waals surface area contributed by atoms with Gasteiger partial charge in [-0.15, -0.1) is 0 Å². The summed E-state index contributed by atoms with van der Waals surface area (Å²) in [6.45, 7) is 5.68. The molecule has 178 valence electrons. The summed E-state index contributed by atoms with van der Waals surface area (Å²) >= 11 is 0. The zero-order valence-corrected chi connectivity index (χ0v) is 20.3. The van der Waals surface area contributed by atoms with Crippen LogP contribution in [0.5, 0.6) is 0 Å². The Morgan fingerprint density at radius 2 is 1.82 bits per heavy atom. The molecule has 0 heterocycles. The Morgan fingerprint density at radius 1 is 1.06 bits per heavy atom.